The third-order valence-corrected chi connectivity index (χ3v) is 1.60. The van der Waals surface area contributed by atoms with Crippen molar-refractivity contribution in [1.29, 1.82) is 0 Å². The molecule has 0 rings (SSSR count). The predicted molar refractivity (Wildman–Crippen MR) is 70.3 cm³/mol. The van der Waals surface area contributed by atoms with Gasteiger partial charge in [0.05, 0.1) is 38.4 Å². The van der Waals surface area contributed by atoms with Crippen molar-refractivity contribution >= 4 is 11.9 Å². The molecule has 0 aliphatic rings. The first-order chi connectivity index (χ1) is 9.36. The minimum Gasteiger partial charge on any atom is -0.545 e. The van der Waals surface area contributed by atoms with E-state index in [1.54, 1.807) is 0 Å². The first-order valence-corrected chi connectivity index (χ1v) is 5.52. The Balaban J connectivity index is -0.000000295. The number of carbonyl (C=O) groups is 2. The molecular weight excluding hydrogens is 330 g/mol. The standard InChI is InChI=1S/2C7H10O3.Zn/c2*1-3-4-10-5-6(2)7(8)9;/h2*3H,1-2,4-5H2,(H,8,9);/q;;+2/p-2. The van der Waals surface area contributed by atoms with Gasteiger partial charge in [-0.15, -0.1) is 13.2 Å². The second-order valence-corrected chi connectivity index (χ2v) is 3.39. The monoisotopic (exact) mass is 346 g/mol. The molecule has 6 nitrogen and oxygen atoms in total. The Hall–Kier alpha value is -1.56. The van der Waals surface area contributed by atoms with Crippen LogP contribution in [0.3, 0.4) is 0 Å². The van der Waals surface area contributed by atoms with Crippen molar-refractivity contribution in [1.82, 2.24) is 0 Å². The molecule has 0 bridgehead atoms. The van der Waals surface area contributed by atoms with Crippen molar-refractivity contribution in [2.75, 3.05) is 26.4 Å². The Labute approximate surface area is 137 Å². The SMILES string of the molecule is C=CCOCC(=C)C(=O)[O-].C=CCOCC(=C)C(=O)[O-].[Zn+2]. The Morgan fingerprint density at radius 3 is 1.33 bits per heavy atom. The Morgan fingerprint density at radius 1 is 0.857 bits per heavy atom. The molecule has 0 atom stereocenters. The molecule has 0 unspecified atom stereocenters. The van der Waals surface area contributed by atoms with Gasteiger partial charge in [0.25, 0.3) is 0 Å². The van der Waals surface area contributed by atoms with E-state index in [-0.39, 0.29) is 43.8 Å². The van der Waals surface area contributed by atoms with Crippen molar-refractivity contribution in [3.8, 4) is 0 Å². The van der Waals surface area contributed by atoms with Gasteiger partial charge >= 0.3 is 19.5 Å². The third-order valence-electron chi connectivity index (χ3n) is 1.60. The summed E-state index contributed by atoms with van der Waals surface area (Å²) in [5.74, 6) is -2.55. The number of carbonyl (C=O) groups excluding carboxylic acids is 2. The van der Waals surface area contributed by atoms with Gasteiger partial charge in [-0.2, -0.15) is 0 Å². The van der Waals surface area contributed by atoms with Crippen LogP contribution in [0.15, 0.2) is 49.6 Å². The summed E-state index contributed by atoms with van der Waals surface area (Å²) < 4.78 is 9.53. The minimum atomic E-state index is -1.27. The maximum atomic E-state index is 9.98. The molecule has 0 aromatic rings. The second kappa shape index (κ2) is 16.5. The van der Waals surface area contributed by atoms with Crippen molar-refractivity contribution in [3.63, 3.8) is 0 Å². The number of ether oxygens (including phenoxy) is 2. The van der Waals surface area contributed by atoms with E-state index >= 15 is 0 Å². The molecular formula is C14H18O6Zn. The number of rotatable bonds is 10. The molecule has 0 fully saturated rings. The van der Waals surface area contributed by atoms with Crippen LogP contribution >= 0.6 is 0 Å². The van der Waals surface area contributed by atoms with Gasteiger partial charge in [-0.25, -0.2) is 0 Å². The van der Waals surface area contributed by atoms with Crippen LogP contribution in [0.1, 0.15) is 0 Å². The molecule has 0 saturated heterocycles. The zero-order valence-corrected chi connectivity index (χ0v) is 14.9. The van der Waals surface area contributed by atoms with Crippen LogP contribution in [-0.2, 0) is 38.5 Å². The quantitative estimate of drug-likeness (QED) is 0.217. The van der Waals surface area contributed by atoms with Crippen molar-refractivity contribution in [2.45, 2.75) is 0 Å². The molecule has 0 N–H and O–H groups in total. The Morgan fingerprint density at radius 2 is 1.14 bits per heavy atom. The fourth-order valence-corrected chi connectivity index (χ4v) is 0.649. The zero-order chi connectivity index (χ0) is 16.0. The largest absolute Gasteiger partial charge is 2.00 e. The fourth-order valence-electron chi connectivity index (χ4n) is 0.649. The number of carboxylic acids is 2. The Bertz CT molecular complexity index is 340. The average Bonchev–Trinajstić information content (AvgIpc) is 2.39. The topological polar surface area (TPSA) is 98.7 Å². The summed E-state index contributed by atoms with van der Waals surface area (Å²) in [7, 11) is 0. The molecule has 0 aliphatic heterocycles. The number of hydrogen-bond acceptors (Lipinski definition) is 6. The summed E-state index contributed by atoms with van der Waals surface area (Å²) in [5, 5.41) is 20.0. The van der Waals surface area contributed by atoms with Crippen LogP contribution in [-0.4, -0.2) is 38.4 Å². The van der Waals surface area contributed by atoms with Crippen molar-refractivity contribution in [3.05, 3.63) is 49.6 Å². The van der Waals surface area contributed by atoms with E-state index in [0.717, 1.165) is 0 Å². The summed E-state index contributed by atoms with van der Waals surface area (Å²) in [4.78, 5) is 20.0. The van der Waals surface area contributed by atoms with Crippen molar-refractivity contribution in [2.24, 2.45) is 0 Å². The second-order valence-electron chi connectivity index (χ2n) is 3.39. The molecule has 0 radical (unpaired) electrons. The summed E-state index contributed by atoms with van der Waals surface area (Å²) in [5.41, 5.74) is -0.108. The predicted octanol–water partition coefficient (Wildman–Crippen LogP) is -1.01. The van der Waals surface area contributed by atoms with E-state index in [2.05, 4.69) is 26.3 Å². The van der Waals surface area contributed by atoms with Crippen LogP contribution in [0, 0.1) is 0 Å². The first kappa shape index (κ1) is 24.5. The number of aliphatic carboxylic acids is 2. The summed E-state index contributed by atoms with van der Waals surface area (Å²) in [6, 6.07) is 0. The molecule has 0 spiro atoms. The van der Waals surface area contributed by atoms with Gasteiger partial charge in [-0.3, -0.25) is 0 Å². The van der Waals surface area contributed by atoms with Gasteiger partial charge in [0.15, 0.2) is 0 Å². The van der Waals surface area contributed by atoms with Crippen molar-refractivity contribution < 1.29 is 48.8 Å². The van der Waals surface area contributed by atoms with Gasteiger partial charge in [0.2, 0.25) is 0 Å². The summed E-state index contributed by atoms with van der Waals surface area (Å²) in [6.07, 6.45) is 3.06. The molecule has 0 aromatic heterocycles. The molecule has 21 heavy (non-hydrogen) atoms. The van der Waals surface area contributed by atoms with E-state index < -0.39 is 11.9 Å². The molecule has 0 aromatic carbocycles. The maximum absolute atomic E-state index is 9.98. The average molecular weight is 348 g/mol. The molecule has 0 saturated carbocycles. The summed E-state index contributed by atoms with van der Waals surface area (Å²) >= 11 is 0. The smallest absolute Gasteiger partial charge is 0.545 e. The fraction of sp³-hybridized carbons (Fsp3) is 0.286. The van der Waals surface area contributed by atoms with Crippen LogP contribution in [0.5, 0.6) is 0 Å². The molecule has 0 aliphatic carbocycles. The van der Waals surface area contributed by atoms with E-state index in [1.165, 1.54) is 12.2 Å². The molecule has 0 heterocycles. The number of hydrogen-bond donors (Lipinski definition) is 0. The maximum Gasteiger partial charge on any atom is 2.00 e. The molecule has 112 valence electrons. The van der Waals surface area contributed by atoms with E-state index in [1.807, 2.05) is 0 Å². The zero-order valence-electron chi connectivity index (χ0n) is 12.0. The Kier molecular flexibility index (Phi) is 19.2. The van der Waals surface area contributed by atoms with Gasteiger partial charge in [-0.1, -0.05) is 25.3 Å². The third kappa shape index (κ3) is 18.4. The van der Waals surface area contributed by atoms with E-state index in [9.17, 15) is 19.8 Å². The van der Waals surface area contributed by atoms with Crippen LogP contribution in [0.4, 0.5) is 0 Å². The molecule has 0 amide bonds. The summed E-state index contributed by atoms with van der Waals surface area (Å²) in [6.45, 7) is 13.8. The molecule has 7 heteroatoms. The van der Waals surface area contributed by atoms with Gasteiger partial charge in [0, 0.05) is 0 Å². The van der Waals surface area contributed by atoms with Crippen LogP contribution in [0.25, 0.3) is 0 Å². The number of carboxylic acid groups (broad SMARTS) is 2. The first-order valence-electron chi connectivity index (χ1n) is 5.52. The minimum absolute atomic E-state index is 0. The van der Waals surface area contributed by atoms with Crippen LogP contribution in [0.2, 0.25) is 0 Å². The van der Waals surface area contributed by atoms with Gasteiger partial charge < -0.3 is 29.3 Å². The van der Waals surface area contributed by atoms with Crippen LogP contribution < -0.4 is 10.2 Å². The van der Waals surface area contributed by atoms with Gasteiger partial charge in [-0.05, 0) is 11.1 Å². The van der Waals surface area contributed by atoms with E-state index in [4.69, 9.17) is 9.47 Å². The van der Waals surface area contributed by atoms with E-state index in [0.29, 0.717) is 13.2 Å². The van der Waals surface area contributed by atoms with Gasteiger partial charge in [0.1, 0.15) is 0 Å². The normalized spacial score (nSPS) is 8.38.